The molecule has 5 atom stereocenters. The van der Waals surface area contributed by atoms with Gasteiger partial charge in [0.2, 0.25) is 0 Å². The van der Waals surface area contributed by atoms with Crippen molar-refractivity contribution < 1.29 is 34.3 Å². The van der Waals surface area contributed by atoms with E-state index in [1.54, 1.807) is 0 Å². The predicted molar refractivity (Wildman–Crippen MR) is 160 cm³/mol. The Bertz CT molecular complexity index is 1240. The van der Waals surface area contributed by atoms with Gasteiger partial charge in [-0.15, -0.1) is 0 Å². The fourth-order valence-corrected chi connectivity index (χ4v) is 4.60. The maximum Gasteiger partial charge on any atom is 0.115 e. The minimum atomic E-state index is -1.30. The van der Waals surface area contributed by atoms with Gasteiger partial charge in [-0.3, -0.25) is 0 Å². The van der Waals surface area contributed by atoms with Crippen LogP contribution >= 0.6 is 0 Å². The average molecular weight is 573 g/mol. The molecule has 0 heterocycles. The highest BCUT2D eigenvalue weighted by atomic mass is 16.6. The number of hydrogen-bond acceptors (Lipinski definition) is 7. The molecule has 42 heavy (non-hydrogen) atoms. The smallest absolute Gasteiger partial charge is 0.115 e. The van der Waals surface area contributed by atoms with Gasteiger partial charge in [-0.1, -0.05) is 121 Å². The van der Waals surface area contributed by atoms with Gasteiger partial charge in [0.05, 0.1) is 39.6 Å². The van der Waals surface area contributed by atoms with Gasteiger partial charge in [-0.2, -0.15) is 0 Å². The van der Waals surface area contributed by atoms with Gasteiger partial charge in [0.1, 0.15) is 30.5 Å². The van der Waals surface area contributed by atoms with E-state index in [4.69, 9.17) is 18.9 Å². The summed E-state index contributed by atoms with van der Waals surface area (Å²) in [5.41, 5.74) is 3.68. The van der Waals surface area contributed by atoms with Crippen molar-refractivity contribution in [1.29, 1.82) is 0 Å². The summed E-state index contributed by atoms with van der Waals surface area (Å²) in [6.45, 7) is 0.243. The standard InChI is InChI=1S/C35H40O7/c36-21-31(37)33(40-23-28-15-7-2-8-16-28)35(42-25-30-19-11-4-12-20-30)34(41-24-29-17-9-3-10-18-29)32(38)26-39-22-27-13-5-1-6-14-27/h1-20,31-38H,21-26H2/t31-,32+,33-,34+,35+/m0/s1. The van der Waals surface area contributed by atoms with Crippen LogP contribution in [0.25, 0.3) is 0 Å². The van der Waals surface area contributed by atoms with Crippen molar-refractivity contribution in [2.45, 2.75) is 56.9 Å². The van der Waals surface area contributed by atoms with E-state index in [1.165, 1.54) is 0 Å². The average Bonchev–Trinajstić information content (AvgIpc) is 3.05. The molecule has 0 amide bonds. The first-order valence-corrected chi connectivity index (χ1v) is 14.2. The minimum Gasteiger partial charge on any atom is -0.394 e. The highest BCUT2D eigenvalue weighted by molar-refractivity contribution is 5.16. The molecule has 4 aromatic carbocycles. The SMILES string of the molecule is OC[C@H](O)[C@H](OCc1ccccc1)[C@@H](OCc1ccccc1)[C@H](OCc1ccccc1)[C@H](O)COCc1ccccc1. The topological polar surface area (TPSA) is 97.6 Å². The maximum atomic E-state index is 11.5. The Morgan fingerprint density at radius 2 is 0.762 bits per heavy atom. The van der Waals surface area contributed by atoms with Crippen LogP contribution in [0.5, 0.6) is 0 Å². The zero-order chi connectivity index (χ0) is 29.4. The Morgan fingerprint density at radius 1 is 0.429 bits per heavy atom. The third-order valence-electron chi connectivity index (χ3n) is 6.85. The van der Waals surface area contributed by atoms with Gasteiger partial charge >= 0.3 is 0 Å². The number of ether oxygens (including phenoxy) is 4. The Hall–Kier alpha value is -3.40. The lowest BCUT2D eigenvalue weighted by Crippen LogP contribution is -2.54. The molecule has 0 spiro atoms. The van der Waals surface area contributed by atoms with Gasteiger partial charge < -0.3 is 34.3 Å². The van der Waals surface area contributed by atoms with Crippen LogP contribution < -0.4 is 0 Å². The Morgan fingerprint density at radius 3 is 1.14 bits per heavy atom. The van der Waals surface area contributed by atoms with Crippen molar-refractivity contribution in [3.8, 4) is 0 Å². The van der Waals surface area contributed by atoms with Crippen molar-refractivity contribution in [3.05, 3.63) is 144 Å². The molecule has 4 aromatic rings. The van der Waals surface area contributed by atoms with E-state index in [2.05, 4.69) is 0 Å². The molecule has 0 bridgehead atoms. The molecule has 0 aliphatic rings. The molecule has 7 heteroatoms. The molecule has 0 unspecified atom stereocenters. The van der Waals surface area contributed by atoms with Crippen molar-refractivity contribution in [2.75, 3.05) is 13.2 Å². The Balaban J connectivity index is 1.59. The molecule has 0 saturated heterocycles. The summed E-state index contributed by atoms with van der Waals surface area (Å²) in [4.78, 5) is 0. The van der Waals surface area contributed by atoms with Crippen LogP contribution in [0.4, 0.5) is 0 Å². The minimum absolute atomic E-state index is 0.0415. The lowest BCUT2D eigenvalue weighted by atomic mass is 9.98. The van der Waals surface area contributed by atoms with Gasteiger partial charge in [0, 0.05) is 0 Å². The third-order valence-corrected chi connectivity index (χ3v) is 6.85. The maximum absolute atomic E-state index is 11.5. The summed E-state index contributed by atoms with van der Waals surface area (Å²) in [5.74, 6) is 0. The molecule has 0 fully saturated rings. The van der Waals surface area contributed by atoms with Gasteiger partial charge in [0.15, 0.2) is 0 Å². The molecule has 0 aromatic heterocycles. The lowest BCUT2D eigenvalue weighted by Gasteiger charge is -2.37. The van der Waals surface area contributed by atoms with Gasteiger partial charge in [-0.05, 0) is 22.3 Å². The van der Waals surface area contributed by atoms with Crippen LogP contribution in [0.1, 0.15) is 22.3 Å². The second-order valence-corrected chi connectivity index (χ2v) is 10.1. The van der Waals surface area contributed by atoms with Crippen molar-refractivity contribution in [3.63, 3.8) is 0 Å². The highest BCUT2D eigenvalue weighted by Crippen LogP contribution is 2.23. The molecular weight excluding hydrogens is 532 g/mol. The van der Waals surface area contributed by atoms with Crippen molar-refractivity contribution >= 4 is 0 Å². The fourth-order valence-electron chi connectivity index (χ4n) is 4.60. The monoisotopic (exact) mass is 572 g/mol. The molecule has 222 valence electrons. The fraction of sp³-hybridized carbons (Fsp3) is 0.314. The van der Waals surface area contributed by atoms with Crippen LogP contribution in [0, 0.1) is 0 Å². The number of rotatable bonds is 18. The molecule has 0 aliphatic carbocycles. The first-order chi connectivity index (χ1) is 20.6. The van der Waals surface area contributed by atoms with E-state index in [9.17, 15) is 15.3 Å². The highest BCUT2D eigenvalue weighted by Gasteiger charge is 2.40. The van der Waals surface area contributed by atoms with Gasteiger partial charge in [0.25, 0.3) is 0 Å². The first kappa shape index (κ1) is 31.5. The number of benzene rings is 4. The normalized spacial score (nSPS) is 15.0. The molecule has 3 N–H and O–H groups in total. The quantitative estimate of drug-likeness (QED) is 0.159. The molecular formula is C35H40O7. The zero-order valence-electron chi connectivity index (χ0n) is 23.7. The van der Waals surface area contributed by atoms with Crippen molar-refractivity contribution in [1.82, 2.24) is 0 Å². The van der Waals surface area contributed by atoms with Gasteiger partial charge in [-0.25, -0.2) is 0 Å². The van der Waals surface area contributed by atoms with E-state index in [0.717, 1.165) is 22.3 Å². The van der Waals surface area contributed by atoms with Crippen LogP contribution in [-0.4, -0.2) is 59.1 Å². The molecule has 0 saturated carbocycles. The van der Waals surface area contributed by atoms with Crippen LogP contribution in [0.3, 0.4) is 0 Å². The van der Waals surface area contributed by atoms with E-state index in [-0.39, 0.29) is 26.4 Å². The second-order valence-electron chi connectivity index (χ2n) is 10.1. The molecule has 7 nitrogen and oxygen atoms in total. The van der Waals surface area contributed by atoms with Crippen LogP contribution in [0.2, 0.25) is 0 Å². The summed E-state index contributed by atoms with van der Waals surface area (Å²) in [7, 11) is 0. The summed E-state index contributed by atoms with van der Waals surface area (Å²) in [6.07, 6.45) is -5.38. The van der Waals surface area contributed by atoms with Crippen molar-refractivity contribution in [2.24, 2.45) is 0 Å². The third kappa shape index (κ3) is 10.2. The molecule has 4 rings (SSSR count). The predicted octanol–water partition coefficient (Wildman–Crippen LogP) is 4.67. The van der Waals surface area contributed by atoms with E-state index in [1.807, 2.05) is 121 Å². The largest absolute Gasteiger partial charge is 0.394 e. The first-order valence-electron chi connectivity index (χ1n) is 14.2. The summed E-state index contributed by atoms with van der Waals surface area (Å²) in [5, 5.41) is 32.5. The second kappa shape index (κ2) is 17.5. The van der Waals surface area contributed by atoms with E-state index < -0.39 is 37.1 Å². The number of aliphatic hydroxyl groups is 3. The lowest BCUT2D eigenvalue weighted by molar-refractivity contribution is -0.209. The van der Waals surface area contributed by atoms with E-state index >= 15 is 0 Å². The van der Waals surface area contributed by atoms with Crippen LogP contribution in [0.15, 0.2) is 121 Å². The summed E-state index contributed by atoms with van der Waals surface area (Å²) < 4.78 is 24.9. The summed E-state index contributed by atoms with van der Waals surface area (Å²) in [6, 6.07) is 38.5. The number of aliphatic hydroxyl groups excluding tert-OH is 3. The van der Waals surface area contributed by atoms with Crippen LogP contribution in [-0.2, 0) is 45.4 Å². The Kier molecular flexibility index (Phi) is 13.2. The number of hydrogen-bond donors (Lipinski definition) is 3. The summed E-state index contributed by atoms with van der Waals surface area (Å²) >= 11 is 0. The molecule has 0 aliphatic heterocycles. The Labute approximate surface area is 247 Å². The molecule has 0 radical (unpaired) electrons. The zero-order valence-corrected chi connectivity index (χ0v) is 23.7. The van der Waals surface area contributed by atoms with E-state index in [0.29, 0.717) is 6.61 Å².